The molecule has 15 nitrogen and oxygen atoms in total. The van der Waals surface area contributed by atoms with Crippen LogP contribution in [0.4, 0.5) is 0 Å². The minimum Gasteiger partial charge on any atom is -0.472 e. The van der Waals surface area contributed by atoms with Gasteiger partial charge in [-0.3, -0.25) is 24.0 Å². The van der Waals surface area contributed by atoms with Gasteiger partial charge >= 0.3 is 41.8 Å². The molecule has 0 N–H and O–H groups in total. The number of cyclic esters (lactones) is 1. The van der Waals surface area contributed by atoms with E-state index >= 15 is 0 Å². The van der Waals surface area contributed by atoms with Crippen LogP contribution in [0.2, 0.25) is 0 Å². The highest BCUT2D eigenvalue weighted by atomic mass is 16.7. The second-order valence-corrected chi connectivity index (χ2v) is 16.1. The first-order valence-electron chi connectivity index (χ1n) is 18.3. The lowest BCUT2D eigenvalue weighted by molar-refractivity contribution is -0.322. The molecule has 55 heavy (non-hydrogen) atoms. The van der Waals surface area contributed by atoms with Gasteiger partial charge in [0.05, 0.1) is 19.6 Å². The predicted octanol–water partition coefficient (Wildman–Crippen LogP) is 4.56. The molecule has 4 aliphatic carbocycles. The number of furan rings is 1. The molecule has 3 saturated carbocycles. The SMILES string of the molecule is CC=C(C)C(=O)O[C@H]1[C@]2(C)C[C@@]3(OC(C)=O)[C@](C)([C@H]4CC[C@]5(C)C(=C4[C@H](OC(C)=O)[C@@]13OC(C)=O)[C@@H](OC(C)=O)C(=O)O[C@H]5c1ccoc1)[C@H]2CC(=O)OC. The van der Waals surface area contributed by atoms with E-state index in [2.05, 4.69) is 0 Å². The van der Waals surface area contributed by atoms with E-state index in [0.717, 1.165) is 20.8 Å². The number of ether oxygens (including phenoxy) is 7. The number of carbonyl (C=O) groups excluding carboxylic acids is 7. The third kappa shape index (κ3) is 5.38. The van der Waals surface area contributed by atoms with Crippen LogP contribution in [0, 0.1) is 28.1 Å². The number of rotatable bonds is 9. The van der Waals surface area contributed by atoms with E-state index in [1.54, 1.807) is 19.9 Å². The smallest absolute Gasteiger partial charge is 0.352 e. The lowest BCUT2D eigenvalue weighted by Gasteiger charge is -2.69. The molecule has 0 amide bonds. The van der Waals surface area contributed by atoms with Crippen molar-refractivity contribution in [1.29, 1.82) is 0 Å². The first-order chi connectivity index (χ1) is 25.7. The molecule has 2 bridgehead atoms. The third-order valence-electron chi connectivity index (χ3n) is 13.2. The van der Waals surface area contributed by atoms with E-state index in [1.165, 1.54) is 39.6 Å². The fourth-order valence-electron chi connectivity index (χ4n) is 11.4. The molecule has 1 aliphatic heterocycles. The molecule has 0 unspecified atom stereocenters. The van der Waals surface area contributed by atoms with E-state index < -0.39 is 105 Å². The lowest BCUT2D eigenvalue weighted by atomic mass is 9.40. The minimum atomic E-state index is -2.32. The van der Waals surface area contributed by atoms with Gasteiger partial charge in [0.2, 0.25) is 11.7 Å². The van der Waals surface area contributed by atoms with Gasteiger partial charge in [-0.15, -0.1) is 0 Å². The number of esters is 7. The van der Waals surface area contributed by atoms with Crippen LogP contribution in [0.5, 0.6) is 0 Å². The topological polar surface area (TPSA) is 197 Å². The highest BCUT2D eigenvalue weighted by Crippen LogP contribution is 2.83. The molecule has 298 valence electrons. The minimum absolute atomic E-state index is 0.0982. The van der Waals surface area contributed by atoms with Crippen LogP contribution in [0.25, 0.3) is 0 Å². The molecule has 0 radical (unpaired) electrons. The van der Waals surface area contributed by atoms with Gasteiger partial charge in [0.25, 0.3) is 0 Å². The number of allylic oxidation sites excluding steroid dienone is 1. The molecule has 0 aromatic carbocycles. The van der Waals surface area contributed by atoms with Gasteiger partial charge in [0.15, 0.2) is 17.8 Å². The zero-order chi connectivity index (χ0) is 40.6. The first kappa shape index (κ1) is 39.7. The second-order valence-electron chi connectivity index (χ2n) is 16.1. The van der Waals surface area contributed by atoms with Gasteiger partial charge in [0.1, 0.15) is 6.10 Å². The van der Waals surface area contributed by atoms with Crippen molar-refractivity contribution in [3.63, 3.8) is 0 Å². The maximum absolute atomic E-state index is 14.2. The van der Waals surface area contributed by atoms with Crippen LogP contribution in [0.1, 0.15) is 99.7 Å². The van der Waals surface area contributed by atoms with Crippen molar-refractivity contribution in [2.45, 2.75) is 124 Å². The van der Waals surface area contributed by atoms with Crippen molar-refractivity contribution >= 4 is 41.8 Å². The van der Waals surface area contributed by atoms with Gasteiger partial charge in [-0.05, 0) is 55.7 Å². The van der Waals surface area contributed by atoms with Crippen molar-refractivity contribution in [3.8, 4) is 0 Å². The summed E-state index contributed by atoms with van der Waals surface area (Å²) >= 11 is 0. The molecule has 6 rings (SSSR count). The Bertz CT molecular complexity index is 1910. The fourth-order valence-corrected chi connectivity index (χ4v) is 11.4. The number of methoxy groups -OCH3 is 1. The Hall–Kier alpha value is -4.95. The van der Waals surface area contributed by atoms with E-state index in [1.807, 2.05) is 13.8 Å². The summed E-state index contributed by atoms with van der Waals surface area (Å²) in [6.45, 7) is 13.2. The van der Waals surface area contributed by atoms with Crippen LogP contribution in [0.3, 0.4) is 0 Å². The molecule has 1 aromatic heterocycles. The highest BCUT2D eigenvalue weighted by Gasteiger charge is 2.94. The molecular weight excluding hydrogens is 720 g/mol. The quantitative estimate of drug-likeness (QED) is 0.147. The Kier molecular flexibility index (Phi) is 9.66. The molecule has 0 spiro atoms. The molecule has 2 heterocycles. The average Bonchev–Trinajstić information content (AvgIpc) is 3.75. The second kappa shape index (κ2) is 13.4. The summed E-state index contributed by atoms with van der Waals surface area (Å²) in [7, 11) is 1.24. The van der Waals surface area contributed by atoms with Gasteiger partial charge in [-0.2, -0.15) is 0 Å². The summed E-state index contributed by atoms with van der Waals surface area (Å²) in [6, 6.07) is 1.64. The van der Waals surface area contributed by atoms with Crippen molar-refractivity contribution in [3.05, 3.63) is 47.0 Å². The molecule has 1 saturated heterocycles. The van der Waals surface area contributed by atoms with Gasteiger partial charge < -0.3 is 37.6 Å². The van der Waals surface area contributed by atoms with Gasteiger partial charge in [-0.25, -0.2) is 9.59 Å². The Morgan fingerprint density at radius 1 is 0.909 bits per heavy atom. The van der Waals surface area contributed by atoms with E-state index in [9.17, 15) is 33.6 Å². The Morgan fingerprint density at radius 3 is 2.11 bits per heavy atom. The maximum Gasteiger partial charge on any atom is 0.352 e. The average molecular weight is 769 g/mol. The van der Waals surface area contributed by atoms with Crippen LogP contribution in [0.15, 0.2) is 45.8 Å². The van der Waals surface area contributed by atoms with Crippen molar-refractivity contribution in [1.82, 2.24) is 0 Å². The maximum atomic E-state index is 14.2. The molecule has 4 fully saturated rings. The van der Waals surface area contributed by atoms with Crippen molar-refractivity contribution in [2.24, 2.45) is 28.1 Å². The number of carbonyl (C=O) groups is 7. The number of hydrogen-bond donors (Lipinski definition) is 0. The predicted molar refractivity (Wildman–Crippen MR) is 186 cm³/mol. The summed E-state index contributed by atoms with van der Waals surface area (Å²) in [5, 5.41) is 0. The van der Waals surface area contributed by atoms with Crippen molar-refractivity contribution in [2.75, 3.05) is 7.11 Å². The van der Waals surface area contributed by atoms with Crippen LogP contribution < -0.4 is 0 Å². The van der Waals surface area contributed by atoms with E-state index in [0.29, 0.717) is 5.56 Å². The monoisotopic (exact) mass is 768 g/mol. The Labute approximate surface area is 318 Å². The summed E-state index contributed by atoms with van der Waals surface area (Å²) in [5.41, 5.74) is -6.93. The van der Waals surface area contributed by atoms with E-state index in [-0.39, 0.29) is 42.4 Å². The normalized spacial score (nSPS) is 38.5. The fraction of sp³-hybridized carbons (Fsp3) is 0.625. The van der Waals surface area contributed by atoms with Gasteiger partial charge in [0, 0.05) is 67.9 Å². The summed E-state index contributed by atoms with van der Waals surface area (Å²) < 4.78 is 48.1. The van der Waals surface area contributed by atoms with Crippen molar-refractivity contribution < 1.29 is 71.1 Å². The van der Waals surface area contributed by atoms with E-state index in [4.69, 9.17) is 37.6 Å². The Morgan fingerprint density at radius 2 is 1.56 bits per heavy atom. The molecule has 15 heteroatoms. The first-order valence-corrected chi connectivity index (χ1v) is 18.3. The van der Waals surface area contributed by atoms with Crippen LogP contribution in [-0.2, 0) is 66.7 Å². The summed E-state index contributed by atoms with van der Waals surface area (Å²) in [6.07, 6.45) is -1.29. The zero-order valence-electron chi connectivity index (χ0n) is 32.7. The summed E-state index contributed by atoms with van der Waals surface area (Å²) in [5.74, 6) is -7.27. The Balaban J connectivity index is 1.82. The third-order valence-corrected chi connectivity index (χ3v) is 13.2. The zero-order valence-corrected chi connectivity index (χ0v) is 32.7. The van der Waals surface area contributed by atoms with Crippen LogP contribution >= 0.6 is 0 Å². The summed E-state index contributed by atoms with van der Waals surface area (Å²) in [4.78, 5) is 94.9. The van der Waals surface area contributed by atoms with Gasteiger partial charge in [-0.1, -0.05) is 26.8 Å². The van der Waals surface area contributed by atoms with Crippen LogP contribution in [-0.4, -0.2) is 78.4 Å². The number of fused-ring (bicyclic) bond motifs is 4. The molecule has 5 aliphatic rings. The molecular formula is C40H48O15. The largest absolute Gasteiger partial charge is 0.472 e. The molecule has 11 atom stereocenters. The highest BCUT2D eigenvalue weighted by molar-refractivity contribution is 5.88. The standard InChI is InChI=1S/C40H48O15/c1-11-19(2)33(46)53-35-37(8)18-39(54-22(5)43)38(9,26(37)16-27(45)48-10)25-12-14-36(7)29(28(25)32(51-21(4)42)40(35,39)55-23(6)44)30(50-20(3)41)34(47)52-31(36)24-13-15-49-17-24/h11,13,15,17,25-26,30-32,35H,12,14,16,18H2,1-10H3/t25-,26-,30+,31-,32-,35-,36+,37+,38+,39+,40+/m0/s1. The molecule has 1 aromatic rings. The number of hydrogen-bond acceptors (Lipinski definition) is 15. The lowest BCUT2D eigenvalue weighted by Crippen LogP contribution is -2.82.